The van der Waals surface area contributed by atoms with Gasteiger partial charge >= 0.3 is 0 Å². The zero-order valence-corrected chi connectivity index (χ0v) is 9.35. The van der Waals surface area contributed by atoms with Crippen molar-refractivity contribution in [3.8, 4) is 0 Å². The van der Waals surface area contributed by atoms with Crippen molar-refractivity contribution >= 4 is 0 Å². The summed E-state index contributed by atoms with van der Waals surface area (Å²) in [6, 6.07) is 0. The van der Waals surface area contributed by atoms with Crippen molar-refractivity contribution in [3.63, 3.8) is 0 Å². The van der Waals surface area contributed by atoms with E-state index in [1.54, 1.807) is 13.2 Å². The fourth-order valence-electron chi connectivity index (χ4n) is 0.785. The number of allylic oxidation sites excluding steroid dienone is 3. The monoisotopic (exact) mass is 183 g/mol. The largest absolute Gasteiger partial charge is 0.495 e. The average molecular weight is 183 g/mol. The third-order valence-corrected chi connectivity index (χ3v) is 1.31. The Hall–Kier alpha value is -1.18. The second kappa shape index (κ2) is 10.8. The zero-order valence-electron chi connectivity index (χ0n) is 9.35. The van der Waals surface area contributed by atoms with Gasteiger partial charge in [-0.2, -0.15) is 0 Å². The highest BCUT2D eigenvalue weighted by atomic mass is 16.5. The van der Waals surface area contributed by atoms with Crippen LogP contribution < -0.4 is 5.32 Å². The summed E-state index contributed by atoms with van der Waals surface area (Å²) in [5.41, 5.74) is 0.965. The lowest BCUT2D eigenvalue weighted by molar-refractivity contribution is 0.297. The minimum Gasteiger partial charge on any atom is -0.495 e. The molecule has 0 aromatic carbocycles. The van der Waals surface area contributed by atoms with E-state index in [0.717, 1.165) is 11.5 Å². The summed E-state index contributed by atoms with van der Waals surface area (Å²) in [6.07, 6.45) is 5.45. The van der Waals surface area contributed by atoms with Crippen LogP contribution in [0.5, 0.6) is 0 Å². The summed E-state index contributed by atoms with van der Waals surface area (Å²) < 4.78 is 5.09. The Morgan fingerprint density at radius 1 is 1.38 bits per heavy atom. The maximum Gasteiger partial charge on any atom is 0.141 e. The molecule has 0 aromatic heterocycles. The molecule has 0 aliphatic carbocycles. The first-order valence-corrected chi connectivity index (χ1v) is 4.51. The highest BCUT2D eigenvalue weighted by Crippen LogP contribution is 2.06. The molecule has 0 amide bonds. The van der Waals surface area contributed by atoms with Gasteiger partial charge in [0.2, 0.25) is 0 Å². The molecule has 0 rings (SSSR count). The second-order valence-corrected chi connectivity index (χ2v) is 1.92. The Morgan fingerprint density at radius 2 is 1.92 bits per heavy atom. The minimum absolute atomic E-state index is 0.796. The lowest BCUT2D eigenvalue weighted by Crippen LogP contribution is -2.09. The average Bonchev–Trinajstić information content (AvgIpc) is 2.21. The normalized spacial score (nSPS) is 11.2. The minimum atomic E-state index is 0.796. The quantitative estimate of drug-likeness (QED) is 0.534. The Bertz CT molecular complexity index is 181. The highest BCUT2D eigenvalue weighted by molar-refractivity contribution is 5.26. The second-order valence-electron chi connectivity index (χ2n) is 1.92. The van der Waals surface area contributed by atoms with Crippen molar-refractivity contribution in [2.45, 2.75) is 20.8 Å². The first-order valence-electron chi connectivity index (χ1n) is 4.51. The van der Waals surface area contributed by atoms with Crippen LogP contribution in [0.3, 0.4) is 0 Å². The van der Waals surface area contributed by atoms with Crippen LogP contribution in [-0.4, -0.2) is 14.2 Å². The van der Waals surface area contributed by atoms with Gasteiger partial charge in [-0.05, 0) is 13.0 Å². The molecule has 0 unspecified atom stereocenters. The molecule has 0 aliphatic rings. The number of methoxy groups -OCH3 is 1. The van der Waals surface area contributed by atoms with Crippen molar-refractivity contribution in [2.75, 3.05) is 14.2 Å². The molecule has 1 N–H and O–H groups in total. The molecule has 0 saturated carbocycles. The Kier molecular flexibility index (Phi) is 11.9. The summed E-state index contributed by atoms with van der Waals surface area (Å²) in [4.78, 5) is 0. The molecule has 0 aromatic rings. The number of hydrogen-bond donors (Lipinski definition) is 1. The van der Waals surface area contributed by atoms with Crippen LogP contribution in [0.2, 0.25) is 0 Å². The molecule has 0 aliphatic heterocycles. The van der Waals surface area contributed by atoms with Crippen molar-refractivity contribution < 1.29 is 4.74 Å². The van der Waals surface area contributed by atoms with Crippen molar-refractivity contribution in [1.82, 2.24) is 5.32 Å². The molecular formula is C11H21NO. The van der Waals surface area contributed by atoms with Crippen LogP contribution in [0.4, 0.5) is 0 Å². The Morgan fingerprint density at radius 3 is 2.15 bits per heavy atom. The van der Waals surface area contributed by atoms with Crippen LogP contribution in [0.1, 0.15) is 20.8 Å². The molecule has 76 valence electrons. The van der Waals surface area contributed by atoms with Gasteiger partial charge in [0.15, 0.2) is 0 Å². The third-order valence-electron chi connectivity index (χ3n) is 1.31. The van der Waals surface area contributed by atoms with Gasteiger partial charge in [-0.15, -0.1) is 0 Å². The van der Waals surface area contributed by atoms with Gasteiger partial charge in [0, 0.05) is 7.05 Å². The molecule has 13 heavy (non-hydrogen) atoms. The summed E-state index contributed by atoms with van der Waals surface area (Å²) in [5.74, 6) is 0.796. The van der Waals surface area contributed by atoms with Crippen LogP contribution >= 0.6 is 0 Å². The van der Waals surface area contributed by atoms with E-state index in [1.807, 2.05) is 40.0 Å². The molecule has 0 atom stereocenters. The van der Waals surface area contributed by atoms with E-state index in [4.69, 9.17) is 4.74 Å². The van der Waals surface area contributed by atoms with E-state index in [1.165, 1.54) is 0 Å². The Balaban J connectivity index is 0. The Labute approximate surface area is 82.0 Å². The maximum atomic E-state index is 5.09. The molecule has 2 nitrogen and oxygen atoms in total. The number of rotatable bonds is 4. The van der Waals surface area contributed by atoms with Gasteiger partial charge < -0.3 is 10.1 Å². The summed E-state index contributed by atoms with van der Waals surface area (Å²) >= 11 is 0. The van der Waals surface area contributed by atoms with Crippen LogP contribution in [0, 0.1) is 0 Å². The van der Waals surface area contributed by atoms with Crippen molar-refractivity contribution in [2.24, 2.45) is 0 Å². The highest BCUT2D eigenvalue weighted by Gasteiger charge is 1.98. The van der Waals surface area contributed by atoms with E-state index < -0.39 is 0 Å². The predicted octanol–water partition coefficient (Wildman–Crippen LogP) is 2.85. The van der Waals surface area contributed by atoms with Crippen LogP contribution in [-0.2, 0) is 4.74 Å². The van der Waals surface area contributed by atoms with Crippen LogP contribution in [0.15, 0.2) is 36.3 Å². The standard InChI is InChI=1S/C9H15NO.C2H6/c1-5-7-9(11-4)8(6-2)10-3;1-2/h5-7,10H,1H2,2-4H3;1-2H3/b8-6+,9-7+;. The fourth-order valence-corrected chi connectivity index (χ4v) is 0.785. The molecule has 0 bridgehead atoms. The van der Waals surface area contributed by atoms with E-state index in [0.29, 0.717) is 0 Å². The first kappa shape index (κ1) is 14.3. The summed E-state index contributed by atoms with van der Waals surface area (Å²) in [6.45, 7) is 9.53. The van der Waals surface area contributed by atoms with Crippen molar-refractivity contribution in [3.05, 3.63) is 36.3 Å². The maximum absolute atomic E-state index is 5.09. The van der Waals surface area contributed by atoms with E-state index in [-0.39, 0.29) is 0 Å². The van der Waals surface area contributed by atoms with Gasteiger partial charge in [-0.1, -0.05) is 32.6 Å². The lowest BCUT2D eigenvalue weighted by atomic mass is 10.3. The fraction of sp³-hybridized carbons (Fsp3) is 0.455. The summed E-state index contributed by atoms with van der Waals surface area (Å²) in [5, 5.41) is 3.01. The molecule has 2 heteroatoms. The lowest BCUT2D eigenvalue weighted by Gasteiger charge is -2.08. The number of likely N-dealkylation sites (N-methyl/N-ethyl adjacent to an activating group) is 1. The zero-order chi connectivity index (χ0) is 10.7. The van der Waals surface area contributed by atoms with Gasteiger partial charge in [0.05, 0.1) is 12.8 Å². The molecule has 0 radical (unpaired) electrons. The van der Waals surface area contributed by atoms with Crippen LogP contribution in [0.25, 0.3) is 0 Å². The van der Waals surface area contributed by atoms with Gasteiger partial charge in [0.1, 0.15) is 5.76 Å². The topological polar surface area (TPSA) is 21.3 Å². The molecule has 0 saturated heterocycles. The molecular weight excluding hydrogens is 162 g/mol. The first-order chi connectivity index (χ1) is 6.29. The molecule has 0 heterocycles. The summed E-state index contributed by atoms with van der Waals surface area (Å²) in [7, 11) is 3.49. The number of ether oxygens (including phenoxy) is 1. The van der Waals surface area contributed by atoms with Gasteiger partial charge in [0.25, 0.3) is 0 Å². The SMILES string of the molecule is C=C/C=C(OC)\C(=C/C)NC.CC. The van der Waals surface area contributed by atoms with E-state index >= 15 is 0 Å². The molecule has 0 fully saturated rings. The van der Waals surface area contributed by atoms with Gasteiger partial charge in [-0.25, -0.2) is 0 Å². The smallest absolute Gasteiger partial charge is 0.141 e. The van der Waals surface area contributed by atoms with E-state index in [2.05, 4.69) is 11.9 Å². The number of nitrogens with one attached hydrogen (secondary N) is 1. The van der Waals surface area contributed by atoms with E-state index in [9.17, 15) is 0 Å². The predicted molar refractivity (Wildman–Crippen MR) is 59.5 cm³/mol. The van der Waals surface area contributed by atoms with Gasteiger partial charge in [-0.3, -0.25) is 0 Å². The number of hydrogen-bond acceptors (Lipinski definition) is 2. The molecule has 0 spiro atoms. The third kappa shape index (κ3) is 6.02. The van der Waals surface area contributed by atoms with Crippen molar-refractivity contribution in [1.29, 1.82) is 0 Å².